The second-order valence-electron chi connectivity index (χ2n) is 6.27. The van der Waals surface area contributed by atoms with Crippen molar-refractivity contribution in [1.29, 1.82) is 0 Å². The molecule has 0 amide bonds. The minimum Gasteiger partial charge on any atom is -0.489 e. The van der Waals surface area contributed by atoms with Crippen LogP contribution < -0.4 is 4.74 Å². The van der Waals surface area contributed by atoms with Gasteiger partial charge in [0.25, 0.3) is 0 Å². The van der Waals surface area contributed by atoms with E-state index in [2.05, 4.69) is 4.98 Å². The van der Waals surface area contributed by atoms with Crippen LogP contribution in [0.1, 0.15) is 24.1 Å². The summed E-state index contributed by atoms with van der Waals surface area (Å²) in [4.78, 5) is 4.49. The summed E-state index contributed by atoms with van der Waals surface area (Å²) in [5, 5.41) is 0.425. The summed E-state index contributed by atoms with van der Waals surface area (Å²) >= 11 is 5.98. The Morgan fingerprint density at radius 1 is 1.16 bits per heavy atom. The predicted octanol–water partition coefficient (Wildman–Crippen LogP) is 3.58. The van der Waals surface area contributed by atoms with Crippen molar-refractivity contribution in [3.8, 4) is 5.75 Å². The number of benzene rings is 1. The fourth-order valence-electron chi connectivity index (χ4n) is 2.90. The Kier molecular flexibility index (Phi) is 5.32. The molecule has 1 saturated heterocycles. The van der Waals surface area contributed by atoms with Gasteiger partial charge in [0.05, 0.1) is 11.1 Å². The molecule has 0 N–H and O–H groups in total. The van der Waals surface area contributed by atoms with Gasteiger partial charge in [-0.05, 0) is 56.5 Å². The lowest BCUT2D eigenvalue weighted by atomic mass is 10.1. The van der Waals surface area contributed by atoms with E-state index in [1.54, 1.807) is 25.3 Å². The van der Waals surface area contributed by atoms with Gasteiger partial charge in [-0.25, -0.2) is 8.42 Å². The molecule has 25 heavy (non-hydrogen) atoms. The first-order valence-corrected chi connectivity index (χ1v) is 10.0. The SMILES string of the molecule is Cc1ccc(OC2CCN(S(=O)(=O)c3cc(Cl)ccc3C)CC2)cn1. The molecule has 7 heteroatoms. The van der Waals surface area contributed by atoms with Gasteiger partial charge >= 0.3 is 0 Å². The Morgan fingerprint density at radius 2 is 1.88 bits per heavy atom. The maximum Gasteiger partial charge on any atom is 0.243 e. The summed E-state index contributed by atoms with van der Waals surface area (Å²) in [6, 6.07) is 8.74. The molecule has 0 saturated carbocycles. The van der Waals surface area contributed by atoms with Crippen LogP contribution in [0.15, 0.2) is 41.4 Å². The number of pyridine rings is 1. The molecule has 1 aromatic heterocycles. The fourth-order valence-corrected chi connectivity index (χ4v) is 4.85. The largest absolute Gasteiger partial charge is 0.489 e. The smallest absolute Gasteiger partial charge is 0.243 e. The van der Waals surface area contributed by atoms with E-state index in [0.29, 0.717) is 36.5 Å². The number of hydrogen-bond acceptors (Lipinski definition) is 4. The van der Waals surface area contributed by atoms with E-state index < -0.39 is 10.0 Å². The summed E-state index contributed by atoms with van der Waals surface area (Å²) in [7, 11) is -3.54. The van der Waals surface area contributed by atoms with Crippen LogP contribution in [0.2, 0.25) is 5.02 Å². The molecule has 0 aliphatic carbocycles. The third kappa shape index (κ3) is 4.14. The molecule has 1 aliphatic rings. The van der Waals surface area contributed by atoms with E-state index in [-0.39, 0.29) is 11.0 Å². The highest BCUT2D eigenvalue weighted by Gasteiger charge is 2.31. The molecular formula is C18H21ClN2O3S. The van der Waals surface area contributed by atoms with Crippen molar-refractivity contribution < 1.29 is 13.2 Å². The van der Waals surface area contributed by atoms with Gasteiger partial charge in [-0.2, -0.15) is 4.31 Å². The van der Waals surface area contributed by atoms with Crippen LogP contribution in [-0.2, 0) is 10.0 Å². The van der Waals surface area contributed by atoms with Crippen LogP contribution in [0, 0.1) is 13.8 Å². The molecule has 1 aliphatic heterocycles. The topological polar surface area (TPSA) is 59.5 Å². The van der Waals surface area contributed by atoms with Crippen molar-refractivity contribution in [2.75, 3.05) is 13.1 Å². The number of rotatable bonds is 4. The number of aryl methyl sites for hydroxylation is 2. The molecule has 1 fully saturated rings. The van der Waals surface area contributed by atoms with E-state index >= 15 is 0 Å². The van der Waals surface area contributed by atoms with E-state index in [9.17, 15) is 8.42 Å². The molecular weight excluding hydrogens is 360 g/mol. The molecule has 0 unspecified atom stereocenters. The third-order valence-electron chi connectivity index (χ3n) is 4.36. The number of halogens is 1. The lowest BCUT2D eigenvalue weighted by Gasteiger charge is -2.31. The minimum atomic E-state index is -3.54. The van der Waals surface area contributed by atoms with Gasteiger partial charge in [0, 0.05) is 23.8 Å². The zero-order valence-corrected chi connectivity index (χ0v) is 15.8. The van der Waals surface area contributed by atoms with Crippen LogP contribution in [-0.4, -0.2) is 36.9 Å². The Bertz CT molecular complexity index is 845. The summed E-state index contributed by atoms with van der Waals surface area (Å²) < 4.78 is 33.2. The van der Waals surface area contributed by atoms with E-state index in [1.807, 2.05) is 19.1 Å². The summed E-state index contributed by atoms with van der Waals surface area (Å²) in [5.74, 6) is 0.720. The monoisotopic (exact) mass is 380 g/mol. The van der Waals surface area contributed by atoms with Gasteiger partial charge < -0.3 is 4.74 Å². The van der Waals surface area contributed by atoms with Crippen molar-refractivity contribution >= 4 is 21.6 Å². The standard InChI is InChI=1S/C18H21ClN2O3S/c1-13-3-5-15(19)11-18(13)25(22,23)21-9-7-16(8-10-21)24-17-6-4-14(2)20-12-17/h3-6,11-12,16H,7-10H2,1-2H3. The zero-order valence-electron chi connectivity index (χ0n) is 14.3. The Labute approximate surface area is 153 Å². The Hall–Kier alpha value is -1.63. The lowest BCUT2D eigenvalue weighted by Crippen LogP contribution is -2.41. The minimum absolute atomic E-state index is 0.00332. The second kappa shape index (κ2) is 7.32. The van der Waals surface area contributed by atoms with E-state index in [4.69, 9.17) is 16.3 Å². The predicted molar refractivity (Wildman–Crippen MR) is 97.6 cm³/mol. The summed E-state index contributed by atoms with van der Waals surface area (Å²) in [6.07, 6.45) is 2.99. The zero-order chi connectivity index (χ0) is 18.0. The summed E-state index contributed by atoms with van der Waals surface area (Å²) in [6.45, 7) is 4.56. The molecule has 2 heterocycles. The number of aromatic nitrogens is 1. The maximum absolute atomic E-state index is 12.9. The molecule has 2 aromatic rings. The van der Waals surface area contributed by atoms with Crippen LogP contribution in [0.3, 0.4) is 0 Å². The van der Waals surface area contributed by atoms with Gasteiger partial charge in [-0.15, -0.1) is 0 Å². The molecule has 0 atom stereocenters. The number of sulfonamides is 1. The van der Waals surface area contributed by atoms with Gasteiger partial charge in [-0.1, -0.05) is 17.7 Å². The second-order valence-corrected chi connectivity index (χ2v) is 8.61. The molecule has 134 valence electrons. The summed E-state index contributed by atoms with van der Waals surface area (Å²) in [5.41, 5.74) is 1.64. The maximum atomic E-state index is 12.9. The van der Waals surface area contributed by atoms with Crippen molar-refractivity contribution in [3.63, 3.8) is 0 Å². The Balaban J connectivity index is 1.67. The van der Waals surface area contributed by atoms with Crippen LogP contribution in [0.25, 0.3) is 0 Å². The normalized spacial score (nSPS) is 16.8. The van der Waals surface area contributed by atoms with Crippen LogP contribution in [0.4, 0.5) is 0 Å². The van der Waals surface area contributed by atoms with Gasteiger partial charge in [0.2, 0.25) is 10.0 Å². The lowest BCUT2D eigenvalue weighted by molar-refractivity contribution is 0.134. The Morgan fingerprint density at radius 3 is 2.52 bits per heavy atom. The average molecular weight is 381 g/mol. The molecule has 0 spiro atoms. The van der Waals surface area contributed by atoms with Crippen LogP contribution in [0.5, 0.6) is 5.75 Å². The first kappa shape index (κ1) is 18.2. The highest BCUT2D eigenvalue weighted by Crippen LogP contribution is 2.27. The van der Waals surface area contributed by atoms with Crippen molar-refractivity contribution in [3.05, 3.63) is 52.8 Å². The van der Waals surface area contributed by atoms with Crippen molar-refractivity contribution in [1.82, 2.24) is 9.29 Å². The number of ether oxygens (including phenoxy) is 1. The average Bonchev–Trinajstić information content (AvgIpc) is 2.59. The van der Waals surface area contributed by atoms with Gasteiger partial charge in [0.15, 0.2) is 0 Å². The first-order chi connectivity index (χ1) is 11.9. The molecule has 1 aromatic carbocycles. The fraction of sp³-hybridized carbons (Fsp3) is 0.389. The van der Waals surface area contributed by atoms with Gasteiger partial charge in [-0.3, -0.25) is 4.98 Å². The van der Waals surface area contributed by atoms with Crippen molar-refractivity contribution in [2.24, 2.45) is 0 Å². The number of piperidine rings is 1. The highest BCUT2D eigenvalue weighted by molar-refractivity contribution is 7.89. The molecule has 0 bridgehead atoms. The highest BCUT2D eigenvalue weighted by atomic mass is 35.5. The third-order valence-corrected chi connectivity index (χ3v) is 6.63. The molecule has 0 radical (unpaired) electrons. The number of hydrogen-bond donors (Lipinski definition) is 0. The van der Waals surface area contributed by atoms with Crippen molar-refractivity contribution in [2.45, 2.75) is 37.7 Å². The molecule has 3 rings (SSSR count). The molecule has 5 nitrogen and oxygen atoms in total. The quantitative estimate of drug-likeness (QED) is 0.813. The van der Waals surface area contributed by atoms with E-state index in [1.165, 1.54) is 10.4 Å². The number of nitrogens with zero attached hydrogens (tertiary/aromatic N) is 2. The van der Waals surface area contributed by atoms with Gasteiger partial charge in [0.1, 0.15) is 11.9 Å². The van der Waals surface area contributed by atoms with E-state index in [0.717, 1.165) is 11.4 Å². The first-order valence-electron chi connectivity index (χ1n) is 8.22. The van der Waals surface area contributed by atoms with Crippen LogP contribution >= 0.6 is 11.6 Å².